The van der Waals surface area contributed by atoms with Crippen molar-refractivity contribution in [2.45, 2.75) is 19.4 Å². The number of hydrogen-bond donors (Lipinski definition) is 3. The fourth-order valence-electron chi connectivity index (χ4n) is 1.29. The van der Waals surface area contributed by atoms with Gasteiger partial charge in [0.25, 0.3) is 0 Å². The van der Waals surface area contributed by atoms with Gasteiger partial charge in [-0.2, -0.15) is 0 Å². The van der Waals surface area contributed by atoms with E-state index in [-0.39, 0.29) is 6.42 Å². The smallest absolute Gasteiger partial charge is 0.319 e. The minimum atomic E-state index is -0.983. The number of carbonyl (C=O) groups excluding carboxylic acids is 1. The molecule has 1 atom stereocenters. The van der Waals surface area contributed by atoms with Gasteiger partial charge in [-0.1, -0.05) is 23.2 Å². The lowest BCUT2D eigenvalue weighted by molar-refractivity contribution is -0.137. The molecular weight excluding hydrogens is 279 g/mol. The predicted octanol–water partition coefficient (Wildman–Crippen LogP) is 2.98. The Kier molecular flexibility index (Phi) is 5.25. The summed E-state index contributed by atoms with van der Waals surface area (Å²) in [4.78, 5) is 22.0. The fraction of sp³-hybridized carbons (Fsp3) is 0.273. The van der Waals surface area contributed by atoms with Crippen molar-refractivity contribution in [2.75, 3.05) is 5.32 Å². The first-order chi connectivity index (χ1) is 8.38. The molecule has 1 aromatic carbocycles. The molecule has 18 heavy (non-hydrogen) atoms. The minimum Gasteiger partial charge on any atom is -0.481 e. The largest absolute Gasteiger partial charge is 0.481 e. The van der Waals surface area contributed by atoms with E-state index in [1.807, 2.05) is 0 Å². The molecular formula is C11H12Cl2N2O3. The van der Waals surface area contributed by atoms with Crippen LogP contribution in [0, 0.1) is 0 Å². The maximum atomic E-state index is 11.6. The van der Waals surface area contributed by atoms with E-state index in [1.54, 1.807) is 19.1 Å². The number of anilines is 1. The molecule has 0 saturated heterocycles. The topological polar surface area (TPSA) is 78.4 Å². The SMILES string of the molecule is CC(CC(=O)O)NC(=O)Nc1cc(Cl)ccc1Cl. The number of carboxylic acid groups (broad SMARTS) is 1. The van der Waals surface area contributed by atoms with Gasteiger partial charge >= 0.3 is 12.0 Å². The van der Waals surface area contributed by atoms with Gasteiger partial charge in [-0.15, -0.1) is 0 Å². The Bertz CT molecular complexity index is 466. The van der Waals surface area contributed by atoms with Crippen LogP contribution in [0.5, 0.6) is 0 Å². The van der Waals surface area contributed by atoms with Gasteiger partial charge in [0.05, 0.1) is 17.1 Å². The fourth-order valence-corrected chi connectivity index (χ4v) is 1.63. The van der Waals surface area contributed by atoms with Gasteiger partial charge in [-0.05, 0) is 25.1 Å². The van der Waals surface area contributed by atoms with Crippen LogP contribution >= 0.6 is 23.2 Å². The Morgan fingerprint density at radius 2 is 2.06 bits per heavy atom. The van der Waals surface area contributed by atoms with Gasteiger partial charge in [0.2, 0.25) is 0 Å². The number of aliphatic carboxylic acids is 1. The highest BCUT2D eigenvalue weighted by Crippen LogP contribution is 2.25. The summed E-state index contributed by atoms with van der Waals surface area (Å²) in [6, 6.07) is 3.64. The summed E-state index contributed by atoms with van der Waals surface area (Å²) in [6.07, 6.45) is -0.156. The van der Waals surface area contributed by atoms with Gasteiger partial charge in [-0.25, -0.2) is 4.79 Å². The Morgan fingerprint density at radius 1 is 1.39 bits per heavy atom. The van der Waals surface area contributed by atoms with Crippen LogP contribution in [0.15, 0.2) is 18.2 Å². The number of urea groups is 1. The highest BCUT2D eigenvalue weighted by molar-refractivity contribution is 6.35. The molecule has 7 heteroatoms. The molecule has 98 valence electrons. The van der Waals surface area contributed by atoms with Gasteiger partial charge < -0.3 is 15.7 Å². The quantitative estimate of drug-likeness (QED) is 0.798. The van der Waals surface area contributed by atoms with Crippen LogP contribution in [0.1, 0.15) is 13.3 Å². The van der Waals surface area contributed by atoms with E-state index in [4.69, 9.17) is 28.3 Å². The van der Waals surface area contributed by atoms with Crippen LogP contribution in [0.4, 0.5) is 10.5 Å². The number of nitrogens with one attached hydrogen (secondary N) is 2. The second-order valence-corrected chi connectivity index (χ2v) is 4.57. The van der Waals surface area contributed by atoms with Crippen molar-refractivity contribution in [3.63, 3.8) is 0 Å². The summed E-state index contributed by atoms with van der Waals surface area (Å²) in [5.74, 6) is -0.983. The van der Waals surface area contributed by atoms with Crippen molar-refractivity contribution < 1.29 is 14.7 Å². The Morgan fingerprint density at radius 3 is 2.67 bits per heavy atom. The molecule has 2 amide bonds. The Labute approximate surface area is 114 Å². The van der Waals surface area contributed by atoms with Crippen molar-refractivity contribution in [1.82, 2.24) is 5.32 Å². The Hall–Kier alpha value is -1.46. The van der Waals surface area contributed by atoms with E-state index < -0.39 is 18.0 Å². The predicted molar refractivity (Wildman–Crippen MR) is 70.3 cm³/mol. The molecule has 1 rings (SSSR count). The molecule has 0 aliphatic heterocycles. The van der Waals surface area contributed by atoms with E-state index in [0.29, 0.717) is 15.7 Å². The van der Waals surface area contributed by atoms with Gasteiger partial charge in [-0.3, -0.25) is 4.79 Å². The summed E-state index contributed by atoms with van der Waals surface area (Å²) in [6.45, 7) is 1.59. The normalized spacial score (nSPS) is 11.7. The summed E-state index contributed by atoms with van der Waals surface area (Å²) >= 11 is 11.6. The van der Waals surface area contributed by atoms with Crippen LogP contribution < -0.4 is 10.6 Å². The third kappa shape index (κ3) is 4.81. The number of benzene rings is 1. The lowest BCUT2D eigenvalue weighted by Crippen LogP contribution is -2.37. The number of carbonyl (C=O) groups is 2. The first kappa shape index (κ1) is 14.6. The van der Waals surface area contributed by atoms with Crippen LogP contribution in [-0.4, -0.2) is 23.1 Å². The first-order valence-electron chi connectivity index (χ1n) is 5.13. The van der Waals surface area contributed by atoms with Gasteiger partial charge in [0.1, 0.15) is 0 Å². The lowest BCUT2D eigenvalue weighted by Gasteiger charge is -2.13. The van der Waals surface area contributed by atoms with Gasteiger partial charge in [0, 0.05) is 11.1 Å². The van der Waals surface area contributed by atoms with Crippen molar-refractivity contribution >= 4 is 40.9 Å². The summed E-state index contributed by atoms with van der Waals surface area (Å²) in [7, 11) is 0. The lowest BCUT2D eigenvalue weighted by atomic mass is 10.2. The van der Waals surface area contributed by atoms with Crippen molar-refractivity contribution in [1.29, 1.82) is 0 Å². The zero-order valence-corrected chi connectivity index (χ0v) is 11.0. The van der Waals surface area contributed by atoms with E-state index >= 15 is 0 Å². The van der Waals surface area contributed by atoms with E-state index in [0.717, 1.165) is 0 Å². The molecule has 1 aromatic rings. The molecule has 0 heterocycles. The second kappa shape index (κ2) is 6.47. The zero-order valence-electron chi connectivity index (χ0n) is 9.54. The number of rotatable bonds is 4. The van der Waals surface area contributed by atoms with E-state index in [1.165, 1.54) is 6.07 Å². The van der Waals surface area contributed by atoms with Crippen molar-refractivity contribution in [3.8, 4) is 0 Å². The summed E-state index contributed by atoms with van der Waals surface area (Å²) in [5, 5.41) is 14.3. The van der Waals surface area contributed by atoms with Gasteiger partial charge in [0.15, 0.2) is 0 Å². The van der Waals surface area contributed by atoms with Crippen LogP contribution in [0.25, 0.3) is 0 Å². The molecule has 5 nitrogen and oxygen atoms in total. The monoisotopic (exact) mass is 290 g/mol. The van der Waals surface area contributed by atoms with Crippen LogP contribution in [0.3, 0.4) is 0 Å². The third-order valence-corrected chi connectivity index (χ3v) is 2.60. The van der Waals surface area contributed by atoms with E-state index in [2.05, 4.69) is 10.6 Å². The molecule has 3 N–H and O–H groups in total. The first-order valence-corrected chi connectivity index (χ1v) is 5.88. The highest BCUT2D eigenvalue weighted by atomic mass is 35.5. The number of halogens is 2. The standard InChI is InChI=1S/C11H12Cl2N2O3/c1-6(4-10(16)17)14-11(18)15-9-5-7(12)2-3-8(9)13/h2-3,5-6H,4H2,1H3,(H,16,17)(H2,14,15,18). The number of amides is 2. The van der Waals surface area contributed by atoms with Crippen molar-refractivity contribution in [2.24, 2.45) is 0 Å². The molecule has 1 unspecified atom stereocenters. The van der Waals surface area contributed by atoms with Crippen molar-refractivity contribution in [3.05, 3.63) is 28.2 Å². The molecule has 0 spiro atoms. The maximum absolute atomic E-state index is 11.6. The average Bonchev–Trinajstić information content (AvgIpc) is 2.21. The maximum Gasteiger partial charge on any atom is 0.319 e. The molecule has 0 fully saturated rings. The minimum absolute atomic E-state index is 0.156. The molecule has 0 aliphatic rings. The summed E-state index contributed by atoms with van der Waals surface area (Å²) in [5.41, 5.74) is 0.365. The molecule has 0 saturated carbocycles. The number of hydrogen-bond acceptors (Lipinski definition) is 2. The summed E-state index contributed by atoms with van der Waals surface area (Å²) < 4.78 is 0. The highest BCUT2D eigenvalue weighted by Gasteiger charge is 2.12. The molecule has 0 radical (unpaired) electrons. The molecule has 0 bridgehead atoms. The number of carboxylic acids is 1. The third-order valence-electron chi connectivity index (χ3n) is 2.03. The van der Waals surface area contributed by atoms with E-state index in [9.17, 15) is 9.59 Å². The molecule has 0 aliphatic carbocycles. The zero-order chi connectivity index (χ0) is 13.7. The average molecular weight is 291 g/mol. The molecule has 0 aromatic heterocycles. The second-order valence-electron chi connectivity index (χ2n) is 3.72. The van der Waals surface area contributed by atoms with Crippen LogP contribution in [-0.2, 0) is 4.79 Å². The Balaban J connectivity index is 2.59. The van der Waals surface area contributed by atoms with Crippen LogP contribution in [0.2, 0.25) is 10.0 Å².